The van der Waals surface area contributed by atoms with E-state index in [-0.39, 0.29) is 29.9 Å². The highest BCUT2D eigenvalue weighted by molar-refractivity contribution is 14.0. The molecule has 5 nitrogen and oxygen atoms in total. The van der Waals surface area contributed by atoms with E-state index in [1.807, 2.05) is 12.1 Å². The molecule has 1 fully saturated rings. The summed E-state index contributed by atoms with van der Waals surface area (Å²) in [5.41, 5.74) is 6.45. The first-order chi connectivity index (χ1) is 10.1. The Labute approximate surface area is 156 Å². The maximum absolute atomic E-state index is 11.9. The third kappa shape index (κ3) is 6.51. The van der Waals surface area contributed by atoms with E-state index < -0.39 is 0 Å². The molecule has 1 aliphatic carbocycles. The molecular weight excluding hydrogens is 459 g/mol. The minimum atomic E-state index is -0.103. The van der Waals surface area contributed by atoms with Crippen molar-refractivity contribution in [1.29, 1.82) is 0 Å². The molecule has 2 rings (SSSR count). The molecule has 0 heterocycles. The first-order valence-electron chi connectivity index (χ1n) is 7.25. The molecule has 0 saturated heterocycles. The van der Waals surface area contributed by atoms with Gasteiger partial charge in [0.25, 0.3) is 5.91 Å². The van der Waals surface area contributed by atoms with Gasteiger partial charge in [-0.25, -0.2) is 0 Å². The van der Waals surface area contributed by atoms with Gasteiger partial charge >= 0.3 is 0 Å². The third-order valence-corrected chi connectivity index (χ3v) is 3.97. The van der Waals surface area contributed by atoms with Gasteiger partial charge in [0.05, 0.1) is 6.54 Å². The number of nitrogens with two attached hydrogens (primary N) is 1. The fourth-order valence-corrected chi connectivity index (χ4v) is 2.80. The minimum Gasteiger partial charge on any atom is -0.370 e. The predicted molar refractivity (Wildman–Crippen MR) is 104 cm³/mol. The average Bonchev–Trinajstić information content (AvgIpc) is 2.96. The van der Waals surface area contributed by atoms with Gasteiger partial charge in [0.2, 0.25) is 0 Å². The lowest BCUT2D eigenvalue weighted by atomic mass is 10.2. The predicted octanol–water partition coefficient (Wildman–Crippen LogP) is 2.64. The fraction of sp³-hybridized carbons (Fsp3) is 0.467. The lowest BCUT2D eigenvalue weighted by Gasteiger charge is -2.12. The molecule has 22 heavy (non-hydrogen) atoms. The Kier molecular flexibility index (Phi) is 8.77. The van der Waals surface area contributed by atoms with E-state index in [0.717, 1.165) is 17.3 Å². The van der Waals surface area contributed by atoms with E-state index in [2.05, 4.69) is 31.6 Å². The second kappa shape index (κ2) is 10.0. The van der Waals surface area contributed by atoms with Crippen LogP contribution in [0.15, 0.2) is 33.7 Å². The Morgan fingerprint density at radius 2 is 2.09 bits per heavy atom. The summed E-state index contributed by atoms with van der Waals surface area (Å²) in [6, 6.07) is 7.75. The molecule has 7 heteroatoms. The third-order valence-electron chi connectivity index (χ3n) is 3.47. The van der Waals surface area contributed by atoms with Crippen LogP contribution in [0.2, 0.25) is 0 Å². The lowest BCUT2D eigenvalue weighted by molar-refractivity contribution is 0.0954. The van der Waals surface area contributed by atoms with Crippen LogP contribution in [-0.4, -0.2) is 31.0 Å². The van der Waals surface area contributed by atoms with Gasteiger partial charge in [-0.05, 0) is 31.0 Å². The number of aliphatic imine (C=N–C) groups is 1. The standard InChI is InChI=1S/C15H21BrN4O.HI/c16-12-5-3-4-11(10-12)14(21)18-8-9-19-15(17)20-13-6-1-2-7-13;/h3-5,10,13H,1-2,6-9H2,(H,18,21)(H3,17,19,20);1H. The summed E-state index contributed by atoms with van der Waals surface area (Å²) in [6.07, 6.45) is 4.84. The van der Waals surface area contributed by atoms with Crippen molar-refractivity contribution in [3.8, 4) is 0 Å². The fourth-order valence-electron chi connectivity index (χ4n) is 2.40. The van der Waals surface area contributed by atoms with Crippen LogP contribution in [0.1, 0.15) is 36.0 Å². The number of hydrogen-bond acceptors (Lipinski definition) is 2. The summed E-state index contributed by atoms with van der Waals surface area (Å²) in [5, 5.41) is 6.04. The molecule has 0 atom stereocenters. The van der Waals surface area contributed by atoms with Crippen molar-refractivity contribution in [3.05, 3.63) is 34.3 Å². The van der Waals surface area contributed by atoms with Crippen molar-refractivity contribution in [2.24, 2.45) is 10.7 Å². The van der Waals surface area contributed by atoms with Gasteiger partial charge in [-0.1, -0.05) is 34.8 Å². The first-order valence-corrected chi connectivity index (χ1v) is 8.04. The number of halogens is 2. The quantitative estimate of drug-likeness (QED) is 0.262. The van der Waals surface area contributed by atoms with Gasteiger partial charge in [0.1, 0.15) is 0 Å². The molecule has 0 unspecified atom stereocenters. The Morgan fingerprint density at radius 3 is 2.77 bits per heavy atom. The van der Waals surface area contributed by atoms with Crippen molar-refractivity contribution in [2.75, 3.05) is 13.1 Å². The Morgan fingerprint density at radius 1 is 1.36 bits per heavy atom. The summed E-state index contributed by atoms with van der Waals surface area (Å²) in [6.45, 7) is 0.948. The number of amides is 1. The van der Waals surface area contributed by atoms with Crippen LogP contribution in [-0.2, 0) is 0 Å². The summed E-state index contributed by atoms with van der Waals surface area (Å²) in [7, 11) is 0. The van der Waals surface area contributed by atoms with Crippen molar-refractivity contribution >= 4 is 51.8 Å². The van der Waals surface area contributed by atoms with Crippen molar-refractivity contribution in [2.45, 2.75) is 31.7 Å². The van der Waals surface area contributed by atoms with Crippen molar-refractivity contribution in [1.82, 2.24) is 10.6 Å². The monoisotopic (exact) mass is 480 g/mol. The summed E-state index contributed by atoms with van der Waals surface area (Å²) >= 11 is 3.35. The number of carbonyl (C=O) groups is 1. The van der Waals surface area contributed by atoms with E-state index >= 15 is 0 Å². The average molecular weight is 481 g/mol. The molecule has 0 spiro atoms. The van der Waals surface area contributed by atoms with Crippen LogP contribution in [0, 0.1) is 0 Å². The molecule has 0 aliphatic heterocycles. The zero-order valence-corrected chi connectivity index (χ0v) is 16.3. The van der Waals surface area contributed by atoms with E-state index in [1.54, 1.807) is 12.1 Å². The molecular formula is C15H22BrIN4O. The van der Waals surface area contributed by atoms with Crippen LogP contribution in [0.3, 0.4) is 0 Å². The van der Waals surface area contributed by atoms with Crippen LogP contribution < -0.4 is 16.4 Å². The molecule has 0 bridgehead atoms. The number of rotatable bonds is 5. The lowest BCUT2D eigenvalue weighted by Crippen LogP contribution is -2.39. The van der Waals surface area contributed by atoms with Crippen LogP contribution >= 0.6 is 39.9 Å². The molecule has 4 N–H and O–H groups in total. The number of nitrogens with zero attached hydrogens (tertiary/aromatic N) is 1. The zero-order valence-electron chi connectivity index (χ0n) is 12.3. The van der Waals surface area contributed by atoms with Crippen LogP contribution in [0.25, 0.3) is 0 Å². The number of benzene rings is 1. The SMILES string of the molecule is I.NC(=NCCNC(=O)c1cccc(Br)c1)NC1CCCC1. The van der Waals surface area contributed by atoms with E-state index in [0.29, 0.717) is 30.7 Å². The number of guanidine groups is 1. The van der Waals surface area contributed by atoms with E-state index in [1.165, 1.54) is 12.8 Å². The second-order valence-corrected chi connectivity index (χ2v) is 6.07. The van der Waals surface area contributed by atoms with Crippen LogP contribution in [0.5, 0.6) is 0 Å². The smallest absolute Gasteiger partial charge is 0.251 e. The normalized spacial score (nSPS) is 15.2. The van der Waals surface area contributed by atoms with E-state index in [9.17, 15) is 4.79 Å². The van der Waals surface area contributed by atoms with Gasteiger partial charge in [-0.3, -0.25) is 9.79 Å². The van der Waals surface area contributed by atoms with Gasteiger partial charge in [-0.2, -0.15) is 0 Å². The molecule has 0 aromatic heterocycles. The second-order valence-electron chi connectivity index (χ2n) is 5.16. The van der Waals surface area contributed by atoms with Gasteiger partial charge in [0.15, 0.2) is 5.96 Å². The molecule has 122 valence electrons. The van der Waals surface area contributed by atoms with Crippen molar-refractivity contribution < 1.29 is 4.79 Å². The van der Waals surface area contributed by atoms with Crippen molar-refractivity contribution in [3.63, 3.8) is 0 Å². The topological polar surface area (TPSA) is 79.5 Å². The Hall–Kier alpha value is -0.830. The van der Waals surface area contributed by atoms with Gasteiger partial charge in [0, 0.05) is 22.6 Å². The highest BCUT2D eigenvalue weighted by Gasteiger charge is 2.14. The Bertz CT molecular complexity index is 518. The molecule has 1 aliphatic rings. The molecule has 1 aromatic rings. The number of hydrogen-bond donors (Lipinski definition) is 3. The van der Waals surface area contributed by atoms with E-state index in [4.69, 9.17) is 5.73 Å². The maximum atomic E-state index is 11.9. The van der Waals surface area contributed by atoms with Crippen LogP contribution in [0.4, 0.5) is 0 Å². The van der Waals surface area contributed by atoms with Gasteiger partial charge in [-0.15, -0.1) is 24.0 Å². The molecule has 0 radical (unpaired) electrons. The maximum Gasteiger partial charge on any atom is 0.251 e. The molecule has 1 aromatic carbocycles. The summed E-state index contributed by atoms with van der Waals surface area (Å²) in [4.78, 5) is 16.1. The number of nitrogens with one attached hydrogen (secondary N) is 2. The highest BCUT2D eigenvalue weighted by Crippen LogP contribution is 2.17. The number of carbonyl (C=O) groups excluding carboxylic acids is 1. The largest absolute Gasteiger partial charge is 0.370 e. The zero-order chi connectivity index (χ0) is 15.1. The summed E-state index contributed by atoms with van der Waals surface area (Å²) < 4.78 is 0.887. The van der Waals surface area contributed by atoms with Gasteiger partial charge < -0.3 is 16.4 Å². The Balaban J connectivity index is 0.00000242. The molecule has 1 saturated carbocycles. The summed E-state index contributed by atoms with van der Waals surface area (Å²) in [5.74, 6) is 0.368. The minimum absolute atomic E-state index is 0. The molecule has 1 amide bonds. The highest BCUT2D eigenvalue weighted by atomic mass is 127. The first kappa shape index (κ1) is 19.2.